The van der Waals surface area contributed by atoms with Crippen molar-refractivity contribution < 1.29 is 9.16 Å². The molecule has 1 saturated heterocycles. The summed E-state index contributed by atoms with van der Waals surface area (Å²) in [5.74, 6) is 0.361. The Morgan fingerprint density at radius 1 is 1.29 bits per heavy atom. The van der Waals surface area contributed by atoms with E-state index in [4.69, 9.17) is 20.0 Å². The largest absolute Gasteiger partial charge is 0.409 e. The van der Waals surface area contributed by atoms with Crippen molar-refractivity contribution in [2.45, 2.75) is 51.0 Å². The topological polar surface area (TPSA) is 86.1 Å². The van der Waals surface area contributed by atoms with Gasteiger partial charge in [-0.3, -0.25) is 0 Å². The summed E-state index contributed by atoms with van der Waals surface area (Å²) in [7, 11) is -1.98. The van der Waals surface area contributed by atoms with Gasteiger partial charge in [0.2, 0.25) is 0 Å². The molecule has 0 radical (unpaired) electrons. The first-order valence-electron chi connectivity index (χ1n) is 9.35. The number of rotatable bonds is 4. The van der Waals surface area contributed by atoms with Crippen LogP contribution < -0.4 is 5.73 Å². The molecule has 28 heavy (non-hydrogen) atoms. The van der Waals surface area contributed by atoms with E-state index in [1.54, 1.807) is 4.68 Å². The van der Waals surface area contributed by atoms with Gasteiger partial charge in [-0.25, -0.2) is 4.68 Å². The predicted octanol–water partition coefficient (Wildman–Crippen LogP) is 4.73. The van der Waals surface area contributed by atoms with Gasteiger partial charge in [-0.05, 0) is 30.3 Å². The van der Waals surface area contributed by atoms with E-state index in [0.717, 1.165) is 10.0 Å². The first-order chi connectivity index (χ1) is 13.0. The summed E-state index contributed by atoms with van der Waals surface area (Å²) in [5.41, 5.74) is 8.17. The van der Waals surface area contributed by atoms with E-state index in [-0.39, 0.29) is 17.2 Å². The Bertz CT molecular complexity index is 897. The summed E-state index contributed by atoms with van der Waals surface area (Å²) >= 11 is 3.43. The smallest absolute Gasteiger partial charge is 0.192 e. The fourth-order valence-electron chi connectivity index (χ4n) is 3.04. The molecular formula is C20H27BrN4O2Si. The van der Waals surface area contributed by atoms with Gasteiger partial charge in [-0.2, -0.15) is 10.4 Å². The van der Waals surface area contributed by atoms with Crippen molar-refractivity contribution in [3.63, 3.8) is 0 Å². The maximum absolute atomic E-state index is 9.68. The first kappa shape index (κ1) is 21.1. The lowest BCUT2D eigenvalue weighted by molar-refractivity contribution is 0.124. The van der Waals surface area contributed by atoms with Crippen molar-refractivity contribution >= 4 is 30.1 Å². The second-order valence-corrected chi connectivity index (χ2v) is 14.4. The molecule has 6 nitrogen and oxygen atoms in total. The van der Waals surface area contributed by atoms with Crippen molar-refractivity contribution in [2.75, 3.05) is 18.9 Å². The van der Waals surface area contributed by atoms with Crippen LogP contribution in [-0.2, 0) is 9.16 Å². The van der Waals surface area contributed by atoms with Crippen LogP contribution in [-0.4, -0.2) is 37.4 Å². The fraction of sp³-hybridized carbons (Fsp3) is 0.500. The number of hydrogen-bond donors (Lipinski definition) is 1. The lowest BCUT2D eigenvalue weighted by Crippen LogP contribution is -2.46. The van der Waals surface area contributed by atoms with E-state index >= 15 is 0 Å². The molecule has 2 N–H and O–H groups in total. The van der Waals surface area contributed by atoms with E-state index in [9.17, 15) is 5.26 Å². The molecule has 0 unspecified atom stereocenters. The zero-order valence-electron chi connectivity index (χ0n) is 17.0. The average molecular weight is 463 g/mol. The number of hydrogen-bond acceptors (Lipinski definition) is 5. The SMILES string of the molecule is CC(C)(C)[Si](C)(C)O[C@@H]1COC[C@H]1n1nc(-c2ccc(Br)cc2)c(C#N)c1N. The molecule has 0 spiro atoms. The fourth-order valence-corrected chi connectivity index (χ4v) is 4.64. The number of nitrogen functional groups attached to an aromatic ring is 1. The Kier molecular flexibility index (Phi) is 5.74. The molecule has 150 valence electrons. The second-order valence-electron chi connectivity index (χ2n) is 8.69. The van der Waals surface area contributed by atoms with Crippen LogP contribution in [0.5, 0.6) is 0 Å². The highest BCUT2D eigenvalue weighted by Crippen LogP contribution is 2.40. The van der Waals surface area contributed by atoms with Gasteiger partial charge in [0.1, 0.15) is 29.2 Å². The highest BCUT2D eigenvalue weighted by molar-refractivity contribution is 9.10. The van der Waals surface area contributed by atoms with E-state index < -0.39 is 8.32 Å². The van der Waals surface area contributed by atoms with Gasteiger partial charge in [-0.15, -0.1) is 0 Å². The van der Waals surface area contributed by atoms with E-state index in [1.807, 2.05) is 24.3 Å². The molecule has 0 saturated carbocycles. The molecule has 1 aromatic heterocycles. The highest BCUT2D eigenvalue weighted by atomic mass is 79.9. The third kappa shape index (κ3) is 3.89. The zero-order valence-corrected chi connectivity index (χ0v) is 19.6. The van der Waals surface area contributed by atoms with Crippen LogP contribution in [0.2, 0.25) is 18.1 Å². The Morgan fingerprint density at radius 2 is 1.93 bits per heavy atom. The number of ether oxygens (including phenoxy) is 1. The Hall–Kier alpha value is -1.66. The molecule has 2 heterocycles. The number of nitriles is 1. The van der Waals surface area contributed by atoms with Gasteiger partial charge in [0.05, 0.1) is 19.3 Å². The minimum atomic E-state index is -1.98. The van der Waals surface area contributed by atoms with E-state index in [1.165, 1.54) is 0 Å². The second kappa shape index (κ2) is 7.63. The molecule has 3 rings (SSSR count). The standard InChI is InChI=1S/C20H27BrN4O2Si/c1-20(2,3)28(4,5)27-17-12-26-11-16(17)25-19(23)15(10-22)18(24-25)13-6-8-14(21)9-7-13/h6-9,16-17H,11-12,23H2,1-5H3/t16-,17-/m1/s1. The van der Waals surface area contributed by atoms with Crippen LogP contribution in [0, 0.1) is 11.3 Å². The van der Waals surface area contributed by atoms with Gasteiger partial charge in [0, 0.05) is 10.0 Å². The van der Waals surface area contributed by atoms with Gasteiger partial charge in [-0.1, -0.05) is 48.8 Å². The van der Waals surface area contributed by atoms with E-state index in [0.29, 0.717) is 30.3 Å². The molecule has 1 aliphatic rings. The summed E-state index contributed by atoms with van der Waals surface area (Å²) in [6, 6.07) is 9.76. The number of nitrogens with two attached hydrogens (primary N) is 1. The molecule has 0 amide bonds. The van der Waals surface area contributed by atoms with Crippen molar-refractivity contribution in [1.82, 2.24) is 9.78 Å². The Labute approximate surface area is 175 Å². The van der Waals surface area contributed by atoms with Gasteiger partial charge < -0.3 is 14.9 Å². The molecule has 1 aromatic carbocycles. The lowest BCUT2D eigenvalue weighted by atomic mass is 10.1. The summed E-state index contributed by atoms with van der Waals surface area (Å²) < 4.78 is 15.0. The normalized spacial score (nSPS) is 20.3. The summed E-state index contributed by atoms with van der Waals surface area (Å²) in [6.45, 7) is 12.1. The van der Waals surface area contributed by atoms with Crippen molar-refractivity contribution in [1.29, 1.82) is 5.26 Å². The van der Waals surface area contributed by atoms with Crippen molar-refractivity contribution in [3.05, 3.63) is 34.3 Å². The maximum Gasteiger partial charge on any atom is 0.192 e. The number of nitrogens with zero attached hydrogens (tertiary/aromatic N) is 3. The molecule has 0 aliphatic carbocycles. The van der Waals surface area contributed by atoms with Gasteiger partial charge in [0.15, 0.2) is 8.32 Å². The molecule has 8 heteroatoms. The predicted molar refractivity (Wildman–Crippen MR) is 116 cm³/mol. The van der Waals surface area contributed by atoms with Crippen LogP contribution >= 0.6 is 15.9 Å². The van der Waals surface area contributed by atoms with Crippen molar-refractivity contribution in [3.8, 4) is 17.3 Å². The minimum absolute atomic E-state index is 0.0935. The molecule has 1 fully saturated rings. The Morgan fingerprint density at radius 3 is 2.50 bits per heavy atom. The van der Waals surface area contributed by atoms with Crippen LogP contribution in [0.1, 0.15) is 32.4 Å². The lowest BCUT2D eigenvalue weighted by Gasteiger charge is -2.39. The summed E-state index contributed by atoms with van der Waals surface area (Å²) in [4.78, 5) is 0. The molecule has 1 aliphatic heterocycles. The van der Waals surface area contributed by atoms with Crippen LogP contribution in [0.3, 0.4) is 0 Å². The van der Waals surface area contributed by atoms with Crippen LogP contribution in [0.25, 0.3) is 11.3 Å². The van der Waals surface area contributed by atoms with Gasteiger partial charge in [0.25, 0.3) is 0 Å². The van der Waals surface area contributed by atoms with Gasteiger partial charge >= 0.3 is 0 Å². The third-order valence-electron chi connectivity index (χ3n) is 5.74. The van der Waals surface area contributed by atoms with E-state index in [2.05, 4.69) is 55.9 Å². The monoisotopic (exact) mass is 462 g/mol. The molecule has 2 atom stereocenters. The number of anilines is 1. The molecular weight excluding hydrogens is 436 g/mol. The summed E-state index contributed by atoms with van der Waals surface area (Å²) in [5, 5.41) is 14.5. The number of halogens is 1. The first-order valence-corrected chi connectivity index (χ1v) is 13.0. The Balaban J connectivity index is 1.97. The zero-order chi connectivity index (χ0) is 20.7. The number of aromatic nitrogens is 2. The van der Waals surface area contributed by atoms with Crippen LogP contribution in [0.15, 0.2) is 28.7 Å². The third-order valence-corrected chi connectivity index (χ3v) is 10.8. The van der Waals surface area contributed by atoms with Crippen molar-refractivity contribution in [2.24, 2.45) is 0 Å². The molecule has 0 bridgehead atoms. The summed E-state index contributed by atoms with van der Waals surface area (Å²) in [6.07, 6.45) is -0.132. The van der Waals surface area contributed by atoms with Crippen LogP contribution in [0.4, 0.5) is 5.82 Å². The minimum Gasteiger partial charge on any atom is -0.409 e. The quantitative estimate of drug-likeness (QED) is 0.663. The highest BCUT2D eigenvalue weighted by Gasteiger charge is 2.43. The number of benzene rings is 1. The molecule has 2 aromatic rings. The average Bonchev–Trinajstić information content (AvgIpc) is 3.18. The maximum atomic E-state index is 9.68.